The molecule has 1 amide bonds. The van der Waals surface area contributed by atoms with Crippen molar-refractivity contribution in [3.63, 3.8) is 0 Å². The van der Waals surface area contributed by atoms with Gasteiger partial charge in [-0.05, 0) is 32.0 Å². The minimum Gasteiger partial charge on any atom is -0.376 e. The number of carbonyl (C=O) groups is 1. The van der Waals surface area contributed by atoms with Crippen molar-refractivity contribution in [3.05, 3.63) is 35.5 Å². The Kier molecular flexibility index (Phi) is 4.12. The SMILES string of the molecule is CCNC(=O)CNc1cc(C)nc2c(F)c(F)ccc12. The minimum atomic E-state index is -0.979. The second-order valence-corrected chi connectivity index (χ2v) is 4.38. The Hall–Kier alpha value is -2.24. The first-order valence-corrected chi connectivity index (χ1v) is 6.29. The number of benzene rings is 1. The Bertz CT molecular complexity index is 658. The van der Waals surface area contributed by atoms with Crippen LogP contribution in [-0.2, 0) is 4.79 Å². The molecule has 106 valence electrons. The Morgan fingerprint density at radius 2 is 2.10 bits per heavy atom. The molecule has 0 saturated carbocycles. The van der Waals surface area contributed by atoms with Crippen LogP contribution < -0.4 is 10.6 Å². The van der Waals surface area contributed by atoms with Gasteiger partial charge in [0.05, 0.1) is 6.54 Å². The van der Waals surface area contributed by atoms with E-state index in [0.29, 0.717) is 23.3 Å². The Labute approximate surface area is 115 Å². The molecule has 0 fully saturated rings. The molecule has 1 heterocycles. The molecule has 6 heteroatoms. The van der Waals surface area contributed by atoms with Crippen LogP contribution in [0.1, 0.15) is 12.6 Å². The standard InChI is InChI=1S/C14H15F2N3O/c1-3-17-12(20)7-18-11-6-8(2)19-14-9(11)4-5-10(15)13(14)16/h4-6H,3,7H2,1-2H3,(H,17,20)(H,18,19). The summed E-state index contributed by atoms with van der Waals surface area (Å²) in [6, 6.07) is 4.19. The first-order chi connectivity index (χ1) is 9.52. The average Bonchev–Trinajstić information content (AvgIpc) is 2.41. The molecule has 0 atom stereocenters. The highest BCUT2D eigenvalue weighted by molar-refractivity contribution is 5.93. The molecule has 0 aliphatic rings. The molecule has 1 aromatic heterocycles. The number of aromatic nitrogens is 1. The summed E-state index contributed by atoms with van der Waals surface area (Å²) in [5, 5.41) is 6.01. The van der Waals surface area contributed by atoms with Gasteiger partial charge in [0.2, 0.25) is 5.91 Å². The largest absolute Gasteiger partial charge is 0.376 e. The molecule has 2 aromatic rings. The first kappa shape index (κ1) is 14.2. The lowest BCUT2D eigenvalue weighted by Crippen LogP contribution is -2.29. The highest BCUT2D eigenvalue weighted by Crippen LogP contribution is 2.26. The Morgan fingerprint density at radius 3 is 2.80 bits per heavy atom. The number of hydrogen-bond acceptors (Lipinski definition) is 3. The lowest BCUT2D eigenvalue weighted by Gasteiger charge is -2.11. The van der Waals surface area contributed by atoms with Crippen LogP contribution in [0.4, 0.5) is 14.5 Å². The van der Waals surface area contributed by atoms with E-state index in [2.05, 4.69) is 15.6 Å². The van der Waals surface area contributed by atoms with Gasteiger partial charge in [0.15, 0.2) is 11.6 Å². The summed E-state index contributed by atoms with van der Waals surface area (Å²) in [5.74, 6) is -2.09. The topological polar surface area (TPSA) is 54.0 Å². The van der Waals surface area contributed by atoms with Gasteiger partial charge < -0.3 is 10.6 Å². The van der Waals surface area contributed by atoms with E-state index in [0.717, 1.165) is 6.07 Å². The van der Waals surface area contributed by atoms with Crippen molar-refractivity contribution in [1.82, 2.24) is 10.3 Å². The van der Waals surface area contributed by atoms with Crippen molar-refractivity contribution < 1.29 is 13.6 Å². The molecule has 0 saturated heterocycles. The van der Waals surface area contributed by atoms with E-state index in [9.17, 15) is 13.6 Å². The number of hydrogen-bond donors (Lipinski definition) is 2. The van der Waals surface area contributed by atoms with Crippen molar-refractivity contribution in [2.75, 3.05) is 18.4 Å². The number of pyridine rings is 1. The van der Waals surface area contributed by atoms with E-state index in [4.69, 9.17) is 0 Å². The van der Waals surface area contributed by atoms with E-state index in [1.54, 1.807) is 13.0 Å². The van der Waals surface area contributed by atoms with Gasteiger partial charge in [-0.2, -0.15) is 0 Å². The zero-order chi connectivity index (χ0) is 14.7. The lowest BCUT2D eigenvalue weighted by atomic mass is 10.1. The quantitative estimate of drug-likeness (QED) is 0.903. The summed E-state index contributed by atoms with van der Waals surface area (Å²) in [6.07, 6.45) is 0. The number of nitrogens with one attached hydrogen (secondary N) is 2. The van der Waals surface area contributed by atoms with Gasteiger partial charge in [0.1, 0.15) is 5.52 Å². The molecular weight excluding hydrogens is 264 g/mol. The monoisotopic (exact) mass is 279 g/mol. The van der Waals surface area contributed by atoms with E-state index >= 15 is 0 Å². The van der Waals surface area contributed by atoms with Gasteiger partial charge in [-0.3, -0.25) is 4.79 Å². The van der Waals surface area contributed by atoms with Crippen LogP contribution in [0.3, 0.4) is 0 Å². The maximum atomic E-state index is 13.7. The van der Waals surface area contributed by atoms with E-state index < -0.39 is 11.6 Å². The lowest BCUT2D eigenvalue weighted by molar-refractivity contribution is -0.119. The maximum absolute atomic E-state index is 13.7. The van der Waals surface area contributed by atoms with Crippen molar-refractivity contribution in [1.29, 1.82) is 0 Å². The van der Waals surface area contributed by atoms with Crippen LogP contribution in [0.25, 0.3) is 10.9 Å². The molecule has 0 aliphatic carbocycles. The summed E-state index contributed by atoms with van der Waals surface area (Å²) in [7, 11) is 0. The molecule has 4 nitrogen and oxygen atoms in total. The zero-order valence-corrected chi connectivity index (χ0v) is 11.3. The fourth-order valence-electron chi connectivity index (χ4n) is 1.94. The smallest absolute Gasteiger partial charge is 0.239 e. The molecule has 0 unspecified atom stereocenters. The molecule has 0 bridgehead atoms. The summed E-state index contributed by atoms with van der Waals surface area (Å²) in [5.41, 5.74) is 1.06. The van der Waals surface area contributed by atoms with Gasteiger partial charge in [-0.1, -0.05) is 0 Å². The fourth-order valence-corrected chi connectivity index (χ4v) is 1.94. The molecule has 2 rings (SSSR count). The fraction of sp³-hybridized carbons (Fsp3) is 0.286. The Balaban J connectivity index is 2.38. The highest BCUT2D eigenvalue weighted by Gasteiger charge is 2.12. The van der Waals surface area contributed by atoms with E-state index in [-0.39, 0.29) is 18.0 Å². The van der Waals surface area contributed by atoms with Crippen LogP contribution in [-0.4, -0.2) is 24.0 Å². The summed E-state index contributed by atoms with van der Waals surface area (Å²) in [6.45, 7) is 4.10. The second kappa shape index (κ2) is 5.81. The van der Waals surface area contributed by atoms with Crippen LogP contribution in [0.2, 0.25) is 0 Å². The number of likely N-dealkylation sites (N-methyl/N-ethyl adjacent to an activating group) is 1. The molecule has 0 spiro atoms. The summed E-state index contributed by atoms with van der Waals surface area (Å²) < 4.78 is 27.0. The van der Waals surface area contributed by atoms with E-state index in [1.807, 2.05) is 6.92 Å². The first-order valence-electron chi connectivity index (χ1n) is 6.29. The number of fused-ring (bicyclic) bond motifs is 1. The molecule has 0 aliphatic heterocycles. The number of halogens is 2. The zero-order valence-electron chi connectivity index (χ0n) is 11.3. The summed E-state index contributed by atoms with van der Waals surface area (Å²) in [4.78, 5) is 15.4. The molecule has 1 aromatic carbocycles. The predicted molar refractivity (Wildman–Crippen MR) is 73.6 cm³/mol. The highest BCUT2D eigenvalue weighted by atomic mass is 19.2. The third kappa shape index (κ3) is 2.84. The molecule has 0 radical (unpaired) electrons. The maximum Gasteiger partial charge on any atom is 0.239 e. The number of carbonyl (C=O) groups excluding carboxylic acids is 1. The van der Waals surface area contributed by atoms with Crippen LogP contribution in [0, 0.1) is 18.6 Å². The second-order valence-electron chi connectivity index (χ2n) is 4.38. The van der Waals surface area contributed by atoms with Gasteiger partial charge in [0.25, 0.3) is 0 Å². The van der Waals surface area contributed by atoms with Crippen molar-refractivity contribution >= 4 is 22.5 Å². The van der Waals surface area contributed by atoms with Gasteiger partial charge in [0, 0.05) is 23.3 Å². The predicted octanol–water partition coefficient (Wildman–Crippen LogP) is 2.37. The minimum absolute atomic E-state index is 0.0385. The number of rotatable bonds is 4. The number of anilines is 1. The molecule has 2 N–H and O–H groups in total. The number of aryl methyl sites for hydroxylation is 1. The molecule has 20 heavy (non-hydrogen) atoms. The van der Waals surface area contributed by atoms with Crippen LogP contribution >= 0.6 is 0 Å². The Morgan fingerprint density at radius 1 is 1.35 bits per heavy atom. The van der Waals surface area contributed by atoms with Gasteiger partial charge in [-0.25, -0.2) is 13.8 Å². The third-order valence-electron chi connectivity index (χ3n) is 2.81. The van der Waals surface area contributed by atoms with Crippen molar-refractivity contribution in [2.24, 2.45) is 0 Å². The molecular formula is C14H15F2N3O. The van der Waals surface area contributed by atoms with Gasteiger partial charge in [-0.15, -0.1) is 0 Å². The number of nitrogens with zero attached hydrogens (tertiary/aromatic N) is 1. The summed E-state index contributed by atoms with van der Waals surface area (Å²) >= 11 is 0. The van der Waals surface area contributed by atoms with Crippen molar-refractivity contribution in [2.45, 2.75) is 13.8 Å². The van der Waals surface area contributed by atoms with Crippen LogP contribution in [0.15, 0.2) is 18.2 Å². The van der Waals surface area contributed by atoms with Gasteiger partial charge >= 0.3 is 0 Å². The average molecular weight is 279 g/mol. The number of amides is 1. The third-order valence-corrected chi connectivity index (χ3v) is 2.81. The van der Waals surface area contributed by atoms with Crippen molar-refractivity contribution in [3.8, 4) is 0 Å². The normalized spacial score (nSPS) is 10.6. The van der Waals surface area contributed by atoms with Crippen LogP contribution in [0.5, 0.6) is 0 Å². The van der Waals surface area contributed by atoms with E-state index in [1.165, 1.54) is 6.07 Å².